The van der Waals surface area contributed by atoms with Gasteiger partial charge >= 0.3 is 0 Å². The molecule has 0 radical (unpaired) electrons. The lowest BCUT2D eigenvalue weighted by Crippen LogP contribution is -2.12. The van der Waals surface area contributed by atoms with Gasteiger partial charge in [-0.15, -0.1) is 11.3 Å². The SMILES string of the molecule is Cc1nc(C)c(CNCc2ccccc2)s1. The quantitative estimate of drug-likeness (QED) is 0.876. The van der Waals surface area contributed by atoms with Crippen LogP contribution in [0.1, 0.15) is 21.1 Å². The van der Waals surface area contributed by atoms with Crippen LogP contribution in [0.2, 0.25) is 0 Å². The van der Waals surface area contributed by atoms with E-state index in [4.69, 9.17) is 0 Å². The molecule has 0 saturated carbocycles. The van der Waals surface area contributed by atoms with E-state index in [0.29, 0.717) is 0 Å². The molecule has 1 heterocycles. The largest absolute Gasteiger partial charge is 0.308 e. The molecule has 0 amide bonds. The van der Waals surface area contributed by atoms with Gasteiger partial charge in [0.1, 0.15) is 0 Å². The zero-order chi connectivity index (χ0) is 11.4. The molecule has 0 bridgehead atoms. The van der Waals surface area contributed by atoms with Crippen molar-refractivity contribution in [2.75, 3.05) is 0 Å². The average molecular weight is 232 g/mol. The van der Waals surface area contributed by atoms with Gasteiger partial charge in [0.25, 0.3) is 0 Å². The molecule has 0 spiro atoms. The Morgan fingerprint density at radius 2 is 1.88 bits per heavy atom. The Morgan fingerprint density at radius 1 is 1.12 bits per heavy atom. The second kappa shape index (κ2) is 5.23. The average Bonchev–Trinajstić information content (AvgIpc) is 2.59. The first kappa shape index (κ1) is 11.3. The Bertz CT molecular complexity index is 448. The lowest BCUT2D eigenvalue weighted by Gasteiger charge is -2.03. The summed E-state index contributed by atoms with van der Waals surface area (Å²) in [5, 5.41) is 4.59. The van der Waals surface area contributed by atoms with Gasteiger partial charge in [-0.25, -0.2) is 4.98 Å². The van der Waals surface area contributed by atoms with E-state index in [2.05, 4.69) is 48.4 Å². The van der Waals surface area contributed by atoms with Crippen LogP contribution >= 0.6 is 11.3 Å². The zero-order valence-electron chi connectivity index (χ0n) is 9.66. The number of benzene rings is 1. The number of rotatable bonds is 4. The van der Waals surface area contributed by atoms with Crippen molar-refractivity contribution in [3.63, 3.8) is 0 Å². The van der Waals surface area contributed by atoms with Crippen LogP contribution in [0.25, 0.3) is 0 Å². The van der Waals surface area contributed by atoms with Crippen molar-refractivity contribution in [3.05, 3.63) is 51.5 Å². The fourth-order valence-corrected chi connectivity index (χ4v) is 2.56. The normalized spacial score (nSPS) is 10.6. The Balaban J connectivity index is 1.87. The molecule has 0 aliphatic heterocycles. The first-order chi connectivity index (χ1) is 7.75. The minimum atomic E-state index is 0.909. The lowest BCUT2D eigenvalue weighted by atomic mass is 10.2. The van der Waals surface area contributed by atoms with Gasteiger partial charge in [-0.3, -0.25) is 0 Å². The van der Waals surface area contributed by atoms with Gasteiger partial charge in [-0.1, -0.05) is 30.3 Å². The zero-order valence-corrected chi connectivity index (χ0v) is 10.5. The molecule has 0 atom stereocenters. The fraction of sp³-hybridized carbons (Fsp3) is 0.308. The van der Waals surface area contributed by atoms with Crippen molar-refractivity contribution < 1.29 is 0 Å². The molecule has 2 nitrogen and oxygen atoms in total. The van der Waals surface area contributed by atoms with Crippen LogP contribution < -0.4 is 5.32 Å². The summed E-state index contributed by atoms with van der Waals surface area (Å²) in [6, 6.07) is 10.5. The van der Waals surface area contributed by atoms with Crippen LogP contribution in [-0.4, -0.2) is 4.98 Å². The van der Waals surface area contributed by atoms with Crippen LogP contribution in [0.3, 0.4) is 0 Å². The van der Waals surface area contributed by atoms with Crippen molar-refractivity contribution in [1.29, 1.82) is 0 Å². The summed E-state index contributed by atoms with van der Waals surface area (Å²) in [6.07, 6.45) is 0. The van der Waals surface area contributed by atoms with Gasteiger partial charge in [0.2, 0.25) is 0 Å². The standard InChI is InChI=1S/C13H16N2S/c1-10-13(16-11(2)15-10)9-14-8-12-6-4-3-5-7-12/h3-7,14H,8-9H2,1-2H3. The third-order valence-corrected chi connectivity index (χ3v) is 3.53. The molecule has 0 unspecified atom stereocenters. The maximum Gasteiger partial charge on any atom is 0.0900 e. The Labute approximate surface area is 100 Å². The van der Waals surface area contributed by atoms with E-state index in [-0.39, 0.29) is 0 Å². The smallest absolute Gasteiger partial charge is 0.0900 e. The van der Waals surface area contributed by atoms with Gasteiger partial charge in [0.15, 0.2) is 0 Å². The van der Waals surface area contributed by atoms with Crippen LogP contribution in [0.15, 0.2) is 30.3 Å². The molecule has 0 aliphatic carbocycles. The van der Waals surface area contributed by atoms with Gasteiger partial charge in [0, 0.05) is 18.0 Å². The molecule has 0 saturated heterocycles. The van der Waals surface area contributed by atoms with Gasteiger partial charge in [0.05, 0.1) is 10.7 Å². The van der Waals surface area contributed by atoms with Crippen LogP contribution in [0.4, 0.5) is 0 Å². The van der Waals surface area contributed by atoms with E-state index in [9.17, 15) is 0 Å². The topological polar surface area (TPSA) is 24.9 Å². The molecule has 2 rings (SSSR count). The Morgan fingerprint density at radius 3 is 2.50 bits per heavy atom. The number of hydrogen-bond acceptors (Lipinski definition) is 3. The molecule has 84 valence electrons. The molecular formula is C13H16N2S. The molecule has 1 aromatic carbocycles. The predicted octanol–water partition coefficient (Wildman–Crippen LogP) is 3.05. The highest BCUT2D eigenvalue weighted by Gasteiger charge is 2.03. The summed E-state index contributed by atoms with van der Waals surface area (Å²) in [6.45, 7) is 5.95. The van der Waals surface area contributed by atoms with Crippen LogP contribution in [-0.2, 0) is 13.1 Å². The highest BCUT2D eigenvalue weighted by Crippen LogP contribution is 2.16. The van der Waals surface area contributed by atoms with Crippen molar-refractivity contribution in [1.82, 2.24) is 10.3 Å². The lowest BCUT2D eigenvalue weighted by molar-refractivity contribution is 0.697. The first-order valence-corrected chi connectivity index (χ1v) is 6.25. The van der Waals surface area contributed by atoms with E-state index in [0.717, 1.165) is 23.8 Å². The third-order valence-electron chi connectivity index (χ3n) is 2.46. The van der Waals surface area contributed by atoms with E-state index >= 15 is 0 Å². The Hall–Kier alpha value is -1.19. The summed E-state index contributed by atoms with van der Waals surface area (Å²) in [4.78, 5) is 5.76. The number of aryl methyl sites for hydroxylation is 2. The molecule has 3 heteroatoms. The predicted molar refractivity (Wildman–Crippen MR) is 68.6 cm³/mol. The number of hydrogen-bond donors (Lipinski definition) is 1. The maximum absolute atomic E-state index is 4.42. The highest BCUT2D eigenvalue weighted by atomic mass is 32.1. The summed E-state index contributed by atoms with van der Waals surface area (Å²) in [7, 11) is 0. The van der Waals surface area contributed by atoms with Gasteiger partial charge in [-0.05, 0) is 19.4 Å². The van der Waals surface area contributed by atoms with Gasteiger partial charge < -0.3 is 5.32 Å². The monoisotopic (exact) mass is 232 g/mol. The summed E-state index contributed by atoms with van der Waals surface area (Å²) < 4.78 is 0. The molecule has 16 heavy (non-hydrogen) atoms. The number of nitrogens with zero attached hydrogens (tertiary/aromatic N) is 1. The molecule has 2 aromatic rings. The van der Waals surface area contributed by atoms with Crippen molar-refractivity contribution in [3.8, 4) is 0 Å². The van der Waals surface area contributed by atoms with E-state index < -0.39 is 0 Å². The molecule has 1 N–H and O–H groups in total. The summed E-state index contributed by atoms with van der Waals surface area (Å²) >= 11 is 1.78. The second-order valence-electron chi connectivity index (χ2n) is 3.83. The number of thiazole rings is 1. The van der Waals surface area contributed by atoms with Crippen LogP contribution in [0, 0.1) is 13.8 Å². The summed E-state index contributed by atoms with van der Waals surface area (Å²) in [5.74, 6) is 0. The van der Waals surface area contributed by atoms with Gasteiger partial charge in [-0.2, -0.15) is 0 Å². The maximum atomic E-state index is 4.42. The van der Waals surface area contributed by atoms with Crippen molar-refractivity contribution >= 4 is 11.3 Å². The van der Waals surface area contributed by atoms with Crippen LogP contribution in [0.5, 0.6) is 0 Å². The van der Waals surface area contributed by atoms with E-state index in [1.807, 2.05) is 6.07 Å². The van der Waals surface area contributed by atoms with Crippen molar-refractivity contribution in [2.45, 2.75) is 26.9 Å². The highest BCUT2D eigenvalue weighted by molar-refractivity contribution is 7.11. The molecule has 1 aromatic heterocycles. The van der Waals surface area contributed by atoms with Crippen molar-refractivity contribution in [2.24, 2.45) is 0 Å². The van der Waals surface area contributed by atoms with E-state index in [1.165, 1.54) is 10.4 Å². The number of nitrogens with one attached hydrogen (secondary N) is 1. The molecule has 0 fully saturated rings. The third kappa shape index (κ3) is 2.90. The molecule has 0 aliphatic rings. The minimum Gasteiger partial charge on any atom is -0.308 e. The first-order valence-electron chi connectivity index (χ1n) is 5.43. The summed E-state index contributed by atoms with van der Waals surface area (Å²) in [5.41, 5.74) is 2.48. The molecular weight excluding hydrogens is 216 g/mol. The Kier molecular flexibility index (Phi) is 3.70. The fourth-order valence-electron chi connectivity index (χ4n) is 1.65. The second-order valence-corrected chi connectivity index (χ2v) is 5.12. The minimum absolute atomic E-state index is 0.909. The number of aromatic nitrogens is 1. The van der Waals surface area contributed by atoms with E-state index in [1.54, 1.807) is 11.3 Å².